The van der Waals surface area contributed by atoms with E-state index in [1.807, 2.05) is 6.07 Å². The van der Waals surface area contributed by atoms with E-state index in [1.165, 1.54) is 17.5 Å². The molecule has 2 aliphatic rings. The summed E-state index contributed by atoms with van der Waals surface area (Å²) < 4.78 is 0. The van der Waals surface area contributed by atoms with Gasteiger partial charge in [-0.15, -0.1) is 0 Å². The van der Waals surface area contributed by atoms with Crippen LogP contribution in [0.4, 0.5) is 5.69 Å². The summed E-state index contributed by atoms with van der Waals surface area (Å²) >= 11 is 5.77. The van der Waals surface area contributed by atoms with Crippen molar-refractivity contribution in [1.82, 2.24) is 10.0 Å². The van der Waals surface area contributed by atoms with E-state index in [4.69, 9.17) is 12.2 Å². The van der Waals surface area contributed by atoms with Crippen molar-refractivity contribution < 1.29 is 0 Å². The molecule has 0 unspecified atom stereocenters. The lowest BCUT2D eigenvalue weighted by Gasteiger charge is -2.28. The van der Waals surface area contributed by atoms with E-state index < -0.39 is 0 Å². The van der Waals surface area contributed by atoms with Crippen LogP contribution in [0.2, 0.25) is 0 Å². The summed E-state index contributed by atoms with van der Waals surface area (Å²) in [5.41, 5.74) is 3.74. The van der Waals surface area contributed by atoms with Gasteiger partial charge in [0.2, 0.25) is 0 Å². The largest absolute Gasteiger partial charge is 0.296 e. The Kier molecular flexibility index (Phi) is 3.36. The zero-order valence-electron chi connectivity index (χ0n) is 12.6. The van der Waals surface area contributed by atoms with Crippen molar-refractivity contribution in [3.8, 4) is 0 Å². The minimum atomic E-state index is 0.165. The molecule has 0 spiro atoms. The van der Waals surface area contributed by atoms with Crippen molar-refractivity contribution in [3.05, 3.63) is 65.7 Å². The molecule has 0 aliphatic carbocycles. The number of benzene rings is 2. The normalized spacial score (nSPS) is 21.5. The highest BCUT2D eigenvalue weighted by molar-refractivity contribution is 7.80. The second kappa shape index (κ2) is 5.38. The maximum atomic E-state index is 5.77. The lowest BCUT2D eigenvalue weighted by atomic mass is 10.1. The molecular weight excluding hydrogens is 290 g/mol. The first kappa shape index (κ1) is 13.7. The third-order valence-electron chi connectivity index (χ3n) is 4.43. The number of hydrogen-bond donors (Lipinski definition) is 0. The standard InChI is InChI=1S/C18H19N3S/c1-14-8-10-15(11-9-14)17-19-12-5-13-20(19)18(22)21(17)16-6-3-2-4-7-16/h2-4,6-11,17H,5,12-13H2,1H3/t17-/m0/s1. The average molecular weight is 309 g/mol. The van der Waals surface area contributed by atoms with Crippen LogP contribution in [0.1, 0.15) is 23.7 Å². The fourth-order valence-electron chi connectivity index (χ4n) is 3.35. The van der Waals surface area contributed by atoms with Crippen molar-refractivity contribution in [2.45, 2.75) is 19.5 Å². The maximum absolute atomic E-state index is 5.77. The quantitative estimate of drug-likeness (QED) is 0.782. The Morgan fingerprint density at radius 2 is 1.68 bits per heavy atom. The van der Waals surface area contributed by atoms with Crippen LogP contribution in [0.5, 0.6) is 0 Å². The number of rotatable bonds is 2. The topological polar surface area (TPSA) is 9.72 Å². The van der Waals surface area contributed by atoms with Crippen LogP contribution in [-0.4, -0.2) is 28.2 Å². The molecule has 0 N–H and O–H groups in total. The summed E-state index contributed by atoms with van der Waals surface area (Å²) in [5, 5.41) is 5.57. The van der Waals surface area contributed by atoms with Gasteiger partial charge in [-0.05, 0) is 43.3 Å². The van der Waals surface area contributed by atoms with Gasteiger partial charge in [0.15, 0.2) is 5.11 Å². The van der Waals surface area contributed by atoms with Gasteiger partial charge in [-0.2, -0.15) is 5.01 Å². The summed E-state index contributed by atoms with van der Waals surface area (Å²) in [6, 6.07) is 19.3. The lowest BCUT2D eigenvalue weighted by molar-refractivity contribution is 0.0923. The molecule has 2 fully saturated rings. The second-order valence-electron chi connectivity index (χ2n) is 5.91. The first-order chi connectivity index (χ1) is 10.8. The highest BCUT2D eigenvalue weighted by Gasteiger charge is 2.45. The molecule has 2 saturated heterocycles. The van der Waals surface area contributed by atoms with Crippen LogP contribution in [0, 0.1) is 6.92 Å². The van der Waals surface area contributed by atoms with E-state index >= 15 is 0 Å². The molecule has 2 aromatic carbocycles. The van der Waals surface area contributed by atoms with Gasteiger partial charge in [0.1, 0.15) is 6.17 Å². The van der Waals surface area contributed by atoms with Gasteiger partial charge in [-0.25, -0.2) is 0 Å². The van der Waals surface area contributed by atoms with Gasteiger partial charge in [0.05, 0.1) is 0 Å². The Hall–Kier alpha value is -1.91. The predicted molar refractivity (Wildman–Crippen MR) is 93.5 cm³/mol. The first-order valence-corrected chi connectivity index (χ1v) is 8.15. The molecule has 22 heavy (non-hydrogen) atoms. The van der Waals surface area contributed by atoms with Crippen LogP contribution in [-0.2, 0) is 0 Å². The van der Waals surface area contributed by atoms with E-state index in [-0.39, 0.29) is 6.17 Å². The minimum Gasteiger partial charge on any atom is -0.296 e. The van der Waals surface area contributed by atoms with Crippen molar-refractivity contribution in [1.29, 1.82) is 0 Å². The fraction of sp³-hybridized carbons (Fsp3) is 0.278. The molecule has 2 heterocycles. The number of hydrazine groups is 1. The van der Waals surface area contributed by atoms with Crippen LogP contribution < -0.4 is 4.90 Å². The van der Waals surface area contributed by atoms with Gasteiger partial charge < -0.3 is 0 Å². The summed E-state index contributed by atoms with van der Waals surface area (Å²) in [5.74, 6) is 0. The number of fused-ring (bicyclic) bond motifs is 1. The Bertz CT molecular complexity index is 683. The molecule has 0 saturated carbocycles. The van der Waals surface area contributed by atoms with Crippen molar-refractivity contribution in [2.75, 3.05) is 18.0 Å². The molecular formula is C18H19N3S. The maximum Gasteiger partial charge on any atom is 0.192 e. The molecule has 2 aliphatic heterocycles. The van der Waals surface area contributed by atoms with Gasteiger partial charge >= 0.3 is 0 Å². The number of anilines is 1. The predicted octanol–water partition coefficient (Wildman–Crippen LogP) is 3.72. The SMILES string of the molecule is Cc1ccc([C@@H]2N(c3ccccc3)C(=S)N3CCCN23)cc1. The monoisotopic (exact) mass is 309 g/mol. The summed E-state index contributed by atoms with van der Waals surface area (Å²) in [6.45, 7) is 4.20. The minimum absolute atomic E-state index is 0.165. The Morgan fingerprint density at radius 3 is 2.41 bits per heavy atom. The third-order valence-corrected chi connectivity index (χ3v) is 4.84. The van der Waals surface area contributed by atoms with Gasteiger partial charge in [-0.3, -0.25) is 9.91 Å². The molecule has 3 nitrogen and oxygen atoms in total. The summed E-state index contributed by atoms with van der Waals surface area (Å²) in [4.78, 5) is 2.28. The fourth-order valence-corrected chi connectivity index (χ4v) is 3.76. The number of aryl methyl sites for hydroxylation is 1. The highest BCUT2D eigenvalue weighted by atomic mass is 32.1. The molecule has 1 atom stereocenters. The molecule has 0 bridgehead atoms. The van der Waals surface area contributed by atoms with E-state index in [2.05, 4.69) is 70.4 Å². The Morgan fingerprint density at radius 1 is 0.955 bits per heavy atom. The number of para-hydroxylation sites is 1. The van der Waals surface area contributed by atoms with Crippen molar-refractivity contribution in [2.24, 2.45) is 0 Å². The van der Waals surface area contributed by atoms with Crippen LogP contribution in [0.15, 0.2) is 54.6 Å². The van der Waals surface area contributed by atoms with Gasteiger partial charge in [0, 0.05) is 18.8 Å². The van der Waals surface area contributed by atoms with E-state index in [1.54, 1.807) is 0 Å². The number of nitrogens with zero attached hydrogens (tertiary/aromatic N) is 3. The number of hydrogen-bond acceptors (Lipinski definition) is 2. The third kappa shape index (κ3) is 2.11. The van der Waals surface area contributed by atoms with Gasteiger partial charge in [-0.1, -0.05) is 48.0 Å². The smallest absolute Gasteiger partial charge is 0.192 e. The molecule has 112 valence electrons. The second-order valence-corrected chi connectivity index (χ2v) is 6.28. The van der Waals surface area contributed by atoms with E-state index in [9.17, 15) is 0 Å². The average Bonchev–Trinajstić information content (AvgIpc) is 3.12. The zero-order chi connectivity index (χ0) is 15.1. The van der Waals surface area contributed by atoms with Crippen molar-refractivity contribution >= 4 is 23.0 Å². The van der Waals surface area contributed by atoms with Crippen molar-refractivity contribution in [3.63, 3.8) is 0 Å². The zero-order valence-corrected chi connectivity index (χ0v) is 13.5. The highest BCUT2D eigenvalue weighted by Crippen LogP contribution is 2.40. The van der Waals surface area contributed by atoms with E-state index in [0.29, 0.717) is 0 Å². The summed E-state index contributed by atoms with van der Waals surface area (Å²) in [6.07, 6.45) is 1.34. The molecule has 0 amide bonds. The lowest BCUT2D eigenvalue weighted by Crippen LogP contribution is -2.32. The Labute approximate surface area is 136 Å². The molecule has 2 aromatic rings. The molecule has 4 rings (SSSR count). The van der Waals surface area contributed by atoms with Crippen LogP contribution >= 0.6 is 12.2 Å². The van der Waals surface area contributed by atoms with Crippen LogP contribution in [0.25, 0.3) is 0 Å². The molecule has 0 radical (unpaired) electrons. The first-order valence-electron chi connectivity index (χ1n) is 7.74. The summed E-state index contributed by atoms with van der Waals surface area (Å²) in [7, 11) is 0. The van der Waals surface area contributed by atoms with Gasteiger partial charge in [0.25, 0.3) is 0 Å². The molecule has 0 aromatic heterocycles. The molecule has 4 heteroatoms. The number of thiocarbonyl (C=S) groups is 1. The Balaban J connectivity index is 1.80. The van der Waals surface area contributed by atoms with Crippen LogP contribution in [0.3, 0.4) is 0 Å². The van der Waals surface area contributed by atoms with E-state index in [0.717, 1.165) is 23.9 Å².